The number of aliphatic hydroxyl groups is 1. The molecule has 0 amide bonds. The Bertz CT molecular complexity index is 691. The highest BCUT2D eigenvalue weighted by molar-refractivity contribution is 9.10. The fraction of sp³-hybridized carbons (Fsp3) is 0.300. The van der Waals surface area contributed by atoms with Crippen molar-refractivity contribution in [2.45, 2.75) is 25.6 Å². The van der Waals surface area contributed by atoms with Crippen LogP contribution in [0.3, 0.4) is 0 Å². The molecule has 0 fully saturated rings. The first-order chi connectivity index (χ1) is 12.1. The van der Waals surface area contributed by atoms with Crippen molar-refractivity contribution < 1.29 is 19.9 Å². The zero-order valence-corrected chi connectivity index (χ0v) is 16.2. The molecule has 0 spiro atoms. The van der Waals surface area contributed by atoms with Gasteiger partial charge in [0.25, 0.3) is 0 Å². The highest BCUT2D eigenvalue weighted by Gasteiger charge is 2.19. The maximum atomic E-state index is 10.5. The molecule has 0 radical (unpaired) electrons. The van der Waals surface area contributed by atoms with Crippen LogP contribution >= 0.6 is 15.9 Å². The molecule has 2 rings (SSSR count). The fourth-order valence-electron chi connectivity index (χ4n) is 2.58. The van der Waals surface area contributed by atoms with E-state index < -0.39 is 6.10 Å². The van der Waals surface area contributed by atoms with Crippen LogP contribution in [0.15, 0.2) is 59.6 Å². The fourth-order valence-corrected chi connectivity index (χ4v) is 3.18. The highest BCUT2D eigenvalue weighted by Crippen LogP contribution is 2.36. The smallest absolute Gasteiger partial charge is 0.175 e. The minimum atomic E-state index is -0.512. The van der Waals surface area contributed by atoms with E-state index in [0.29, 0.717) is 18.1 Å². The van der Waals surface area contributed by atoms with E-state index in [1.807, 2.05) is 49.4 Å². The van der Waals surface area contributed by atoms with Crippen molar-refractivity contribution in [3.63, 3.8) is 0 Å². The van der Waals surface area contributed by atoms with Crippen molar-refractivity contribution in [3.8, 4) is 11.5 Å². The maximum absolute atomic E-state index is 10.5. The van der Waals surface area contributed by atoms with Crippen LogP contribution in [0.1, 0.15) is 24.2 Å². The average Bonchev–Trinajstić information content (AvgIpc) is 2.64. The van der Waals surface area contributed by atoms with Gasteiger partial charge in [0.1, 0.15) is 25.3 Å². The van der Waals surface area contributed by atoms with Gasteiger partial charge in [-0.25, -0.2) is 0 Å². The van der Waals surface area contributed by atoms with Crippen molar-refractivity contribution in [1.29, 1.82) is 0 Å². The Morgan fingerprint density at radius 1 is 1.28 bits per heavy atom. The average molecular weight is 407 g/mol. The molecule has 2 atom stereocenters. The molecule has 0 aliphatic heterocycles. The van der Waals surface area contributed by atoms with Crippen molar-refractivity contribution in [1.82, 2.24) is 0 Å². The number of ether oxygens (including phenoxy) is 2. The van der Waals surface area contributed by atoms with Crippen LogP contribution in [-0.4, -0.2) is 24.9 Å². The molecule has 2 aromatic rings. The maximum Gasteiger partial charge on any atom is 0.175 e. The van der Waals surface area contributed by atoms with E-state index in [2.05, 4.69) is 27.8 Å². The van der Waals surface area contributed by atoms with E-state index in [1.165, 1.54) is 0 Å². The number of aliphatic hydroxyl groups excluding tert-OH is 1. The van der Waals surface area contributed by atoms with Gasteiger partial charge in [-0.2, -0.15) is 0 Å². The lowest BCUT2D eigenvalue weighted by molar-refractivity contribution is -0.709. The highest BCUT2D eigenvalue weighted by atomic mass is 79.9. The SMILES string of the molecule is C=CCOc1c(Br)cc(C[NH2+][C@@H](C)[C@H](O)c2ccccc2)cc1OC. The number of halogens is 1. The van der Waals surface area contributed by atoms with E-state index in [4.69, 9.17) is 9.47 Å². The van der Waals surface area contributed by atoms with Crippen LogP contribution in [0, 0.1) is 0 Å². The summed E-state index contributed by atoms with van der Waals surface area (Å²) in [6.45, 7) is 6.82. The van der Waals surface area contributed by atoms with Crippen LogP contribution in [0.25, 0.3) is 0 Å². The van der Waals surface area contributed by atoms with E-state index in [1.54, 1.807) is 13.2 Å². The third-order valence-electron chi connectivity index (χ3n) is 4.00. The van der Waals surface area contributed by atoms with Crippen molar-refractivity contribution >= 4 is 15.9 Å². The van der Waals surface area contributed by atoms with Crippen LogP contribution in [-0.2, 0) is 6.54 Å². The van der Waals surface area contributed by atoms with E-state index in [9.17, 15) is 5.11 Å². The molecule has 0 unspecified atom stereocenters. The molecule has 0 heterocycles. The third kappa shape index (κ3) is 5.33. The van der Waals surface area contributed by atoms with E-state index in [0.717, 1.165) is 22.1 Å². The minimum absolute atomic E-state index is 0.0314. The Kier molecular flexibility index (Phi) is 7.50. The lowest BCUT2D eigenvalue weighted by Gasteiger charge is -2.18. The Morgan fingerprint density at radius 2 is 2.00 bits per heavy atom. The standard InChI is InChI=1S/C20H24BrNO3/c1-4-10-25-20-17(21)11-15(12-18(20)24-3)13-22-14(2)19(23)16-8-6-5-7-9-16/h4-9,11-12,14,19,22-23H,1,10,13H2,2-3H3/p+1/t14-,19-/m0/s1. The first-order valence-electron chi connectivity index (χ1n) is 8.23. The topological polar surface area (TPSA) is 55.3 Å². The zero-order chi connectivity index (χ0) is 18.2. The van der Waals surface area contributed by atoms with Gasteiger partial charge in [-0.3, -0.25) is 0 Å². The van der Waals surface area contributed by atoms with Gasteiger partial charge in [0.2, 0.25) is 0 Å². The first-order valence-corrected chi connectivity index (χ1v) is 9.02. The number of benzene rings is 2. The number of rotatable bonds is 9. The largest absolute Gasteiger partial charge is 0.493 e. The minimum Gasteiger partial charge on any atom is -0.493 e. The predicted molar refractivity (Wildman–Crippen MR) is 103 cm³/mol. The Labute approximate surface area is 157 Å². The molecular formula is C20H25BrNO3+. The van der Waals surface area contributed by atoms with Crippen molar-refractivity contribution in [2.75, 3.05) is 13.7 Å². The van der Waals surface area contributed by atoms with Crippen molar-refractivity contribution in [2.24, 2.45) is 0 Å². The van der Waals surface area contributed by atoms with Crippen LogP contribution in [0.2, 0.25) is 0 Å². The number of hydrogen-bond acceptors (Lipinski definition) is 3. The summed E-state index contributed by atoms with van der Waals surface area (Å²) in [6, 6.07) is 13.7. The van der Waals surface area contributed by atoms with Gasteiger partial charge in [-0.15, -0.1) is 0 Å². The number of quaternary nitrogens is 1. The molecule has 2 aromatic carbocycles. The molecule has 0 aromatic heterocycles. The summed E-state index contributed by atoms with van der Waals surface area (Å²) in [5, 5.41) is 12.6. The molecule has 0 saturated carbocycles. The van der Waals surface area contributed by atoms with Gasteiger partial charge >= 0.3 is 0 Å². The summed E-state index contributed by atoms with van der Waals surface area (Å²) < 4.78 is 11.9. The zero-order valence-electron chi connectivity index (χ0n) is 14.6. The first kappa shape index (κ1) is 19.5. The summed E-state index contributed by atoms with van der Waals surface area (Å²) >= 11 is 3.54. The summed E-state index contributed by atoms with van der Waals surface area (Å²) in [4.78, 5) is 0. The van der Waals surface area contributed by atoms with Gasteiger partial charge in [0, 0.05) is 5.56 Å². The summed E-state index contributed by atoms with van der Waals surface area (Å²) in [5.74, 6) is 1.35. The molecule has 0 aliphatic rings. The molecule has 5 heteroatoms. The Hall–Kier alpha value is -1.82. The number of nitrogens with two attached hydrogens (primary N) is 1. The second-order valence-corrected chi connectivity index (χ2v) is 6.72. The molecular weight excluding hydrogens is 382 g/mol. The number of hydrogen-bond donors (Lipinski definition) is 2. The Morgan fingerprint density at radius 3 is 2.64 bits per heavy atom. The van der Waals surface area contributed by atoms with Gasteiger partial charge < -0.3 is 19.9 Å². The molecule has 25 heavy (non-hydrogen) atoms. The van der Waals surface area contributed by atoms with Crippen LogP contribution in [0.5, 0.6) is 11.5 Å². The summed E-state index contributed by atoms with van der Waals surface area (Å²) in [5.41, 5.74) is 2.01. The molecule has 4 nitrogen and oxygen atoms in total. The van der Waals surface area contributed by atoms with Gasteiger partial charge in [-0.1, -0.05) is 43.0 Å². The quantitative estimate of drug-likeness (QED) is 0.628. The lowest BCUT2D eigenvalue weighted by atomic mass is 10.0. The lowest BCUT2D eigenvalue weighted by Crippen LogP contribution is -2.88. The monoisotopic (exact) mass is 406 g/mol. The van der Waals surface area contributed by atoms with E-state index >= 15 is 0 Å². The van der Waals surface area contributed by atoms with Gasteiger partial charge in [0.15, 0.2) is 11.5 Å². The number of methoxy groups -OCH3 is 1. The van der Waals surface area contributed by atoms with Crippen LogP contribution < -0.4 is 14.8 Å². The van der Waals surface area contributed by atoms with E-state index in [-0.39, 0.29) is 6.04 Å². The molecule has 0 aliphatic carbocycles. The molecule has 3 N–H and O–H groups in total. The van der Waals surface area contributed by atoms with Crippen molar-refractivity contribution in [3.05, 3.63) is 70.7 Å². The Balaban J connectivity index is 2.05. The van der Waals surface area contributed by atoms with Gasteiger partial charge in [-0.05, 0) is 40.5 Å². The normalized spacial score (nSPS) is 13.1. The summed E-state index contributed by atoms with van der Waals surface area (Å²) in [6.07, 6.45) is 1.18. The second-order valence-electron chi connectivity index (χ2n) is 5.86. The molecule has 0 bridgehead atoms. The summed E-state index contributed by atoms with van der Waals surface area (Å²) in [7, 11) is 1.62. The predicted octanol–water partition coefficient (Wildman–Crippen LogP) is 3.21. The van der Waals surface area contributed by atoms with Gasteiger partial charge in [0.05, 0.1) is 11.6 Å². The third-order valence-corrected chi connectivity index (χ3v) is 4.59. The molecule has 134 valence electrons. The second kappa shape index (κ2) is 9.61. The molecule has 0 saturated heterocycles. The van der Waals surface area contributed by atoms with Crippen LogP contribution in [0.4, 0.5) is 0 Å².